The number of fused-ring (bicyclic) bond motifs is 1. The number of aryl methyl sites for hydroxylation is 1. The Morgan fingerprint density at radius 2 is 1.52 bits per heavy atom. The highest BCUT2D eigenvalue weighted by Crippen LogP contribution is 2.26. The van der Waals surface area contributed by atoms with E-state index in [4.69, 9.17) is 9.72 Å². The first kappa shape index (κ1) is 19.1. The van der Waals surface area contributed by atoms with Crippen molar-refractivity contribution in [2.45, 2.75) is 19.9 Å². The van der Waals surface area contributed by atoms with Crippen LogP contribution in [0.1, 0.15) is 16.8 Å². The fourth-order valence-corrected chi connectivity index (χ4v) is 3.80. The number of benzene rings is 3. The average molecular weight is 409 g/mol. The number of anilines is 3. The Morgan fingerprint density at radius 1 is 0.806 bits per heavy atom. The van der Waals surface area contributed by atoms with Crippen molar-refractivity contribution in [1.82, 2.24) is 9.97 Å². The topological polar surface area (TPSA) is 50.3 Å². The van der Waals surface area contributed by atoms with Crippen molar-refractivity contribution < 1.29 is 4.74 Å². The van der Waals surface area contributed by atoms with Crippen LogP contribution in [0.4, 0.5) is 17.5 Å². The van der Waals surface area contributed by atoms with Crippen molar-refractivity contribution in [2.75, 3.05) is 16.8 Å². The van der Waals surface area contributed by atoms with Crippen LogP contribution in [0.25, 0.3) is 0 Å². The van der Waals surface area contributed by atoms with Crippen LogP contribution in [-0.4, -0.2) is 16.5 Å². The molecule has 0 unspecified atom stereocenters. The SMILES string of the molecule is Cc1cc(Nc2ccc(Oc3ccccc3)cc2)nc(N2CCc3ccccc3C2)n1. The highest BCUT2D eigenvalue weighted by Gasteiger charge is 2.18. The molecule has 3 aromatic carbocycles. The Kier molecular flexibility index (Phi) is 5.23. The van der Waals surface area contributed by atoms with E-state index in [9.17, 15) is 0 Å². The van der Waals surface area contributed by atoms with Crippen LogP contribution in [0.3, 0.4) is 0 Å². The summed E-state index contributed by atoms with van der Waals surface area (Å²) in [5.74, 6) is 3.17. The number of hydrogen-bond acceptors (Lipinski definition) is 5. The molecule has 4 aromatic rings. The van der Waals surface area contributed by atoms with Gasteiger partial charge in [0, 0.05) is 30.5 Å². The number of nitrogens with one attached hydrogen (secondary N) is 1. The maximum absolute atomic E-state index is 5.87. The molecule has 5 nitrogen and oxygen atoms in total. The van der Waals surface area contributed by atoms with Crippen molar-refractivity contribution in [1.29, 1.82) is 0 Å². The average Bonchev–Trinajstić information content (AvgIpc) is 2.80. The Morgan fingerprint density at radius 3 is 2.32 bits per heavy atom. The molecular weight excluding hydrogens is 384 g/mol. The summed E-state index contributed by atoms with van der Waals surface area (Å²) < 4.78 is 5.87. The first-order valence-corrected chi connectivity index (χ1v) is 10.5. The molecule has 2 heterocycles. The molecule has 0 aliphatic carbocycles. The zero-order valence-corrected chi connectivity index (χ0v) is 17.5. The predicted molar refractivity (Wildman–Crippen MR) is 124 cm³/mol. The lowest BCUT2D eigenvalue weighted by molar-refractivity contribution is 0.483. The molecular formula is C26H24N4O. The molecule has 1 aliphatic heterocycles. The van der Waals surface area contributed by atoms with E-state index in [-0.39, 0.29) is 0 Å². The van der Waals surface area contributed by atoms with E-state index < -0.39 is 0 Å². The minimum Gasteiger partial charge on any atom is -0.457 e. The molecule has 0 atom stereocenters. The molecule has 31 heavy (non-hydrogen) atoms. The van der Waals surface area contributed by atoms with E-state index in [1.807, 2.05) is 67.6 Å². The van der Waals surface area contributed by atoms with Crippen LogP contribution in [-0.2, 0) is 13.0 Å². The van der Waals surface area contributed by atoms with Gasteiger partial charge in [0.25, 0.3) is 0 Å². The van der Waals surface area contributed by atoms with Gasteiger partial charge in [-0.05, 0) is 60.9 Å². The van der Waals surface area contributed by atoms with Gasteiger partial charge in [-0.2, -0.15) is 4.98 Å². The Labute approximate surface area is 182 Å². The maximum Gasteiger partial charge on any atom is 0.227 e. The van der Waals surface area contributed by atoms with E-state index in [1.54, 1.807) is 0 Å². The lowest BCUT2D eigenvalue weighted by Gasteiger charge is -2.29. The maximum atomic E-state index is 5.87. The molecule has 1 N–H and O–H groups in total. The normalized spacial score (nSPS) is 12.9. The molecule has 1 aliphatic rings. The lowest BCUT2D eigenvalue weighted by atomic mass is 10.0. The number of rotatable bonds is 5. The lowest BCUT2D eigenvalue weighted by Crippen LogP contribution is -2.32. The van der Waals surface area contributed by atoms with E-state index in [2.05, 4.69) is 39.5 Å². The molecule has 0 spiro atoms. The Balaban J connectivity index is 1.31. The fourth-order valence-electron chi connectivity index (χ4n) is 3.80. The van der Waals surface area contributed by atoms with Crippen molar-refractivity contribution in [3.05, 3.63) is 102 Å². The quantitative estimate of drug-likeness (QED) is 0.447. The standard InChI is InChI=1S/C26H24N4O/c1-19-17-25(28-22-11-13-24(14-12-22)31-23-9-3-2-4-10-23)29-26(27-19)30-16-15-20-7-5-6-8-21(20)18-30/h2-14,17H,15-16,18H2,1H3,(H,27,28,29). The second-order valence-corrected chi connectivity index (χ2v) is 7.70. The first-order valence-electron chi connectivity index (χ1n) is 10.5. The van der Waals surface area contributed by atoms with Crippen molar-refractivity contribution in [3.63, 3.8) is 0 Å². The second-order valence-electron chi connectivity index (χ2n) is 7.70. The molecule has 0 bridgehead atoms. The number of aromatic nitrogens is 2. The van der Waals surface area contributed by atoms with Gasteiger partial charge in [-0.25, -0.2) is 4.98 Å². The molecule has 0 amide bonds. The van der Waals surface area contributed by atoms with E-state index in [0.29, 0.717) is 0 Å². The highest BCUT2D eigenvalue weighted by molar-refractivity contribution is 5.59. The van der Waals surface area contributed by atoms with E-state index >= 15 is 0 Å². The third kappa shape index (κ3) is 4.51. The highest BCUT2D eigenvalue weighted by atomic mass is 16.5. The Hall–Kier alpha value is -3.86. The molecule has 5 rings (SSSR count). The summed E-state index contributed by atoms with van der Waals surface area (Å²) in [6.45, 7) is 3.76. The molecule has 154 valence electrons. The monoisotopic (exact) mass is 408 g/mol. The van der Waals surface area contributed by atoms with Crippen LogP contribution in [0, 0.1) is 6.92 Å². The van der Waals surface area contributed by atoms with Gasteiger partial charge in [-0.3, -0.25) is 0 Å². The van der Waals surface area contributed by atoms with Crippen molar-refractivity contribution in [3.8, 4) is 11.5 Å². The van der Waals surface area contributed by atoms with E-state index in [1.165, 1.54) is 11.1 Å². The molecule has 0 saturated carbocycles. The summed E-state index contributed by atoms with van der Waals surface area (Å²) >= 11 is 0. The van der Waals surface area contributed by atoms with Crippen LogP contribution in [0.5, 0.6) is 11.5 Å². The van der Waals surface area contributed by atoms with Gasteiger partial charge in [0.05, 0.1) is 0 Å². The zero-order chi connectivity index (χ0) is 21.0. The summed E-state index contributed by atoms with van der Waals surface area (Å²) in [5.41, 5.74) is 4.66. The zero-order valence-electron chi connectivity index (χ0n) is 17.5. The third-order valence-corrected chi connectivity index (χ3v) is 5.36. The van der Waals surface area contributed by atoms with Crippen LogP contribution >= 0.6 is 0 Å². The summed E-state index contributed by atoms with van der Waals surface area (Å²) in [6.07, 6.45) is 1.01. The van der Waals surface area contributed by atoms with Gasteiger partial charge in [0.15, 0.2) is 0 Å². The molecule has 5 heteroatoms. The summed E-state index contributed by atoms with van der Waals surface area (Å²) in [7, 11) is 0. The van der Waals surface area contributed by atoms with Gasteiger partial charge in [-0.1, -0.05) is 42.5 Å². The minimum atomic E-state index is 0.765. The molecule has 0 saturated heterocycles. The smallest absolute Gasteiger partial charge is 0.227 e. The minimum absolute atomic E-state index is 0.765. The third-order valence-electron chi connectivity index (χ3n) is 5.36. The van der Waals surface area contributed by atoms with Gasteiger partial charge >= 0.3 is 0 Å². The second kappa shape index (κ2) is 8.48. The van der Waals surface area contributed by atoms with Gasteiger partial charge in [0.2, 0.25) is 5.95 Å². The fraction of sp³-hybridized carbons (Fsp3) is 0.154. The van der Waals surface area contributed by atoms with Crippen LogP contribution in [0.15, 0.2) is 84.9 Å². The van der Waals surface area contributed by atoms with Crippen LogP contribution in [0.2, 0.25) is 0 Å². The number of hydrogen-bond donors (Lipinski definition) is 1. The molecule has 0 radical (unpaired) electrons. The molecule has 1 aromatic heterocycles. The Bertz CT molecular complexity index is 1180. The van der Waals surface area contributed by atoms with Gasteiger partial charge in [0.1, 0.15) is 17.3 Å². The molecule has 0 fully saturated rings. The van der Waals surface area contributed by atoms with Crippen LogP contribution < -0.4 is 15.0 Å². The number of nitrogens with zero attached hydrogens (tertiary/aromatic N) is 3. The number of para-hydroxylation sites is 1. The summed E-state index contributed by atoms with van der Waals surface area (Å²) in [4.78, 5) is 11.7. The predicted octanol–water partition coefficient (Wildman–Crippen LogP) is 5.88. The van der Waals surface area contributed by atoms with Crippen molar-refractivity contribution in [2.24, 2.45) is 0 Å². The summed E-state index contributed by atoms with van der Waals surface area (Å²) in [5, 5.41) is 3.40. The van der Waals surface area contributed by atoms with Gasteiger partial charge in [-0.15, -0.1) is 0 Å². The summed E-state index contributed by atoms with van der Waals surface area (Å²) in [6, 6.07) is 28.2. The van der Waals surface area contributed by atoms with E-state index in [0.717, 1.165) is 54.2 Å². The van der Waals surface area contributed by atoms with Crippen molar-refractivity contribution >= 4 is 17.5 Å². The first-order chi connectivity index (χ1) is 15.2. The number of ether oxygens (including phenoxy) is 1. The largest absolute Gasteiger partial charge is 0.457 e. The van der Waals surface area contributed by atoms with Gasteiger partial charge < -0.3 is 15.0 Å².